The van der Waals surface area contributed by atoms with Crippen LogP contribution in [0.5, 0.6) is 0 Å². The molecule has 0 saturated carbocycles. The fourth-order valence-corrected chi connectivity index (χ4v) is 1.54. The lowest BCUT2D eigenvalue weighted by atomic mass is 9.83. The maximum absolute atomic E-state index is 4.11. The fourth-order valence-electron chi connectivity index (χ4n) is 1.54. The van der Waals surface area contributed by atoms with Crippen LogP contribution in [0.1, 0.15) is 32.8 Å². The van der Waals surface area contributed by atoms with Gasteiger partial charge in [0.1, 0.15) is 0 Å². The lowest BCUT2D eigenvalue weighted by Crippen LogP contribution is -2.15. The molecule has 0 N–H and O–H groups in total. The standard InChI is InChI=1S/C12H16N2/c1-4-12(2,3)10-5-6-14-9-13-8-11(14)7-10/h5-9H,4H2,1-3H3. The molecule has 2 aromatic rings. The Kier molecular flexibility index (Phi) is 2.06. The zero-order chi connectivity index (χ0) is 10.2. The van der Waals surface area contributed by atoms with Crippen LogP contribution in [0.2, 0.25) is 0 Å². The van der Waals surface area contributed by atoms with E-state index >= 15 is 0 Å². The van der Waals surface area contributed by atoms with Gasteiger partial charge in [0.2, 0.25) is 0 Å². The van der Waals surface area contributed by atoms with Crippen LogP contribution in [0.25, 0.3) is 5.52 Å². The van der Waals surface area contributed by atoms with Crippen LogP contribution in [-0.2, 0) is 5.41 Å². The second kappa shape index (κ2) is 3.12. The van der Waals surface area contributed by atoms with Crippen molar-refractivity contribution in [1.29, 1.82) is 0 Å². The van der Waals surface area contributed by atoms with E-state index in [4.69, 9.17) is 0 Å². The monoisotopic (exact) mass is 188 g/mol. The molecule has 0 aliphatic rings. The van der Waals surface area contributed by atoms with Crippen LogP contribution >= 0.6 is 0 Å². The molecule has 0 bridgehead atoms. The molecule has 0 aliphatic carbocycles. The first-order valence-corrected chi connectivity index (χ1v) is 5.06. The van der Waals surface area contributed by atoms with Crippen LogP contribution in [0.15, 0.2) is 30.9 Å². The number of imidazole rings is 1. The molecule has 0 amide bonds. The summed E-state index contributed by atoms with van der Waals surface area (Å²) < 4.78 is 2.04. The molecule has 0 aliphatic heterocycles. The minimum Gasteiger partial charge on any atom is -0.306 e. The second-order valence-electron chi connectivity index (χ2n) is 4.38. The largest absolute Gasteiger partial charge is 0.306 e. The van der Waals surface area contributed by atoms with E-state index < -0.39 is 0 Å². The van der Waals surface area contributed by atoms with E-state index in [0.717, 1.165) is 6.42 Å². The number of nitrogens with zero attached hydrogens (tertiary/aromatic N) is 2. The van der Waals surface area contributed by atoms with Crippen molar-refractivity contribution in [3.05, 3.63) is 36.4 Å². The zero-order valence-electron chi connectivity index (χ0n) is 8.99. The lowest BCUT2D eigenvalue weighted by Gasteiger charge is -2.23. The Morgan fingerprint density at radius 3 is 2.93 bits per heavy atom. The van der Waals surface area contributed by atoms with Crippen molar-refractivity contribution in [3.8, 4) is 0 Å². The molecule has 0 saturated heterocycles. The first-order valence-electron chi connectivity index (χ1n) is 5.06. The van der Waals surface area contributed by atoms with Crippen LogP contribution in [0.3, 0.4) is 0 Å². The summed E-state index contributed by atoms with van der Waals surface area (Å²) in [6, 6.07) is 4.40. The molecule has 2 nitrogen and oxygen atoms in total. The molecule has 2 heterocycles. The number of fused-ring (bicyclic) bond motifs is 1. The van der Waals surface area contributed by atoms with Crippen molar-refractivity contribution >= 4 is 5.52 Å². The highest BCUT2D eigenvalue weighted by atomic mass is 15.0. The minimum absolute atomic E-state index is 0.256. The molecule has 0 fully saturated rings. The summed E-state index contributed by atoms with van der Waals surface area (Å²) in [7, 11) is 0. The second-order valence-corrected chi connectivity index (χ2v) is 4.38. The minimum atomic E-state index is 0.256. The smallest absolute Gasteiger partial charge is 0.0991 e. The summed E-state index contributed by atoms with van der Waals surface area (Å²) >= 11 is 0. The van der Waals surface area contributed by atoms with Crippen LogP contribution < -0.4 is 0 Å². The highest BCUT2D eigenvalue weighted by Gasteiger charge is 2.17. The summed E-state index contributed by atoms with van der Waals surface area (Å²) in [6.45, 7) is 6.77. The van der Waals surface area contributed by atoms with Crippen LogP contribution in [-0.4, -0.2) is 9.38 Å². The van der Waals surface area contributed by atoms with Crippen molar-refractivity contribution in [2.45, 2.75) is 32.6 Å². The van der Waals surface area contributed by atoms with Crippen LogP contribution in [0, 0.1) is 0 Å². The van der Waals surface area contributed by atoms with Crippen molar-refractivity contribution in [1.82, 2.24) is 9.38 Å². The Hall–Kier alpha value is -1.31. The highest BCUT2D eigenvalue weighted by Crippen LogP contribution is 2.27. The predicted octanol–water partition coefficient (Wildman–Crippen LogP) is 3.02. The summed E-state index contributed by atoms with van der Waals surface area (Å²) in [5.74, 6) is 0. The Morgan fingerprint density at radius 2 is 2.21 bits per heavy atom. The van der Waals surface area contributed by atoms with Gasteiger partial charge in [-0.05, 0) is 29.5 Å². The van der Waals surface area contributed by atoms with Gasteiger partial charge in [0.25, 0.3) is 0 Å². The van der Waals surface area contributed by atoms with Gasteiger partial charge in [0, 0.05) is 6.20 Å². The SMILES string of the molecule is CCC(C)(C)c1ccn2cncc2c1. The molecular formula is C12H16N2. The first-order chi connectivity index (χ1) is 6.63. The van der Waals surface area contributed by atoms with Gasteiger partial charge < -0.3 is 4.40 Å². The molecule has 0 spiro atoms. The third kappa shape index (κ3) is 1.41. The number of hydrogen-bond acceptors (Lipinski definition) is 1. The Labute approximate surface area is 84.6 Å². The van der Waals surface area contributed by atoms with Crippen molar-refractivity contribution < 1.29 is 0 Å². The highest BCUT2D eigenvalue weighted by molar-refractivity contribution is 5.48. The van der Waals surface area contributed by atoms with Gasteiger partial charge in [-0.3, -0.25) is 0 Å². The predicted molar refractivity (Wildman–Crippen MR) is 58.5 cm³/mol. The van der Waals surface area contributed by atoms with E-state index in [1.165, 1.54) is 11.1 Å². The molecule has 2 rings (SSSR count). The van der Waals surface area contributed by atoms with Crippen molar-refractivity contribution in [2.24, 2.45) is 0 Å². The lowest BCUT2D eigenvalue weighted by molar-refractivity contribution is 0.506. The normalized spacial score (nSPS) is 12.2. The molecule has 74 valence electrons. The average Bonchev–Trinajstić information content (AvgIpc) is 2.64. The molecular weight excluding hydrogens is 172 g/mol. The van der Waals surface area contributed by atoms with E-state index in [9.17, 15) is 0 Å². The van der Waals surface area contributed by atoms with Crippen molar-refractivity contribution in [3.63, 3.8) is 0 Å². The molecule has 14 heavy (non-hydrogen) atoms. The third-order valence-electron chi connectivity index (χ3n) is 3.08. The number of aromatic nitrogens is 2. The molecule has 0 unspecified atom stereocenters. The van der Waals surface area contributed by atoms with Gasteiger partial charge in [-0.2, -0.15) is 0 Å². The van der Waals surface area contributed by atoms with E-state index in [2.05, 4.69) is 44.1 Å². The molecule has 2 heteroatoms. The summed E-state index contributed by atoms with van der Waals surface area (Å²) in [6.07, 6.45) is 6.96. The quantitative estimate of drug-likeness (QED) is 0.708. The van der Waals surface area contributed by atoms with Gasteiger partial charge in [0.15, 0.2) is 0 Å². The van der Waals surface area contributed by atoms with Crippen LogP contribution in [0.4, 0.5) is 0 Å². The maximum Gasteiger partial charge on any atom is 0.0991 e. The van der Waals surface area contributed by atoms with E-state index in [1.807, 2.05) is 16.9 Å². The summed E-state index contributed by atoms with van der Waals surface area (Å²) in [5.41, 5.74) is 2.81. The maximum atomic E-state index is 4.11. The Morgan fingerprint density at radius 1 is 1.43 bits per heavy atom. The summed E-state index contributed by atoms with van der Waals surface area (Å²) in [5, 5.41) is 0. The molecule has 0 radical (unpaired) electrons. The summed E-state index contributed by atoms with van der Waals surface area (Å²) in [4.78, 5) is 4.11. The Balaban J connectivity index is 2.53. The number of hydrogen-bond donors (Lipinski definition) is 0. The van der Waals surface area contributed by atoms with E-state index in [1.54, 1.807) is 0 Å². The molecule has 0 aromatic carbocycles. The molecule has 0 atom stereocenters. The fraction of sp³-hybridized carbons (Fsp3) is 0.417. The number of pyridine rings is 1. The molecule has 2 aromatic heterocycles. The average molecular weight is 188 g/mol. The number of rotatable bonds is 2. The topological polar surface area (TPSA) is 17.3 Å². The van der Waals surface area contributed by atoms with Gasteiger partial charge in [-0.15, -0.1) is 0 Å². The van der Waals surface area contributed by atoms with Gasteiger partial charge in [-0.1, -0.05) is 20.8 Å². The van der Waals surface area contributed by atoms with Gasteiger partial charge in [-0.25, -0.2) is 4.98 Å². The zero-order valence-corrected chi connectivity index (χ0v) is 8.99. The first kappa shape index (κ1) is 9.25. The van der Waals surface area contributed by atoms with Gasteiger partial charge in [0.05, 0.1) is 18.0 Å². The van der Waals surface area contributed by atoms with E-state index in [-0.39, 0.29) is 5.41 Å². The van der Waals surface area contributed by atoms with Gasteiger partial charge >= 0.3 is 0 Å². The Bertz CT molecular complexity index is 440. The van der Waals surface area contributed by atoms with Crippen molar-refractivity contribution in [2.75, 3.05) is 0 Å². The van der Waals surface area contributed by atoms with E-state index in [0.29, 0.717) is 0 Å². The third-order valence-corrected chi connectivity index (χ3v) is 3.08.